The molecule has 0 atom stereocenters. The molecule has 5 aromatic rings. The number of anilines is 1. The van der Waals surface area contributed by atoms with Gasteiger partial charge < -0.3 is 9.88 Å². The number of allylic oxidation sites excluding steroid dienone is 1. The van der Waals surface area contributed by atoms with Crippen molar-refractivity contribution in [1.29, 1.82) is 0 Å². The van der Waals surface area contributed by atoms with Crippen LogP contribution in [0.2, 0.25) is 0 Å². The van der Waals surface area contributed by atoms with Gasteiger partial charge in [-0.3, -0.25) is 9.59 Å². The predicted molar refractivity (Wildman–Crippen MR) is 135 cm³/mol. The number of nitrogens with zero attached hydrogens (tertiary/aromatic N) is 1. The number of halogens is 1. The molecule has 0 aliphatic heterocycles. The first-order valence-corrected chi connectivity index (χ1v) is 10.9. The van der Waals surface area contributed by atoms with Gasteiger partial charge in [0.1, 0.15) is 5.82 Å². The van der Waals surface area contributed by atoms with Gasteiger partial charge in [0.2, 0.25) is 0 Å². The first-order valence-electron chi connectivity index (χ1n) is 10.9. The quantitative estimate of drug-likeness (QED) is 0.243. The second-order valence-corrected chi connectivity index (χ2v) is 8.09. The molecule has 0 radical (unpaired) electrons. The summed E-state index contributed by atoms with van der Waals surface area (Å²) in [6.07, 6.45) is 3.33. The Hall–Kier alpha value is -4.51. The molecular formula is C29H21FN2O2. The molecule has 5 rings (SSSR count). The molecule has 0 fully saturated rings. The van der Waals surface area contributed by atoms with Crippen LogP contribution in [0, 0.1) is 5.82 Å². The molecule has 4 aromatic carbocycles. The van der Waals surface area contributed by atoms with Crippen molar-refractivity contribution in [2.75, 3.05) is 5.32 Å². The van der Waals surface area contributed by atoms with Crippen LogP contribution in [0.1, 0.15) is 26.3 Å². The van der Waals surface area contributed by atoms with E-state index in [1.54, 1.807) is 30.3 Å². The zero-order valence-electron chi connectivity index (χ0n) is 18.5. The van der Waals surface area contributed by atoms with Gasteiger partial charge in [-0.1, -0.05) is 42.5 Å². The molecule has 0 spiro atoms. The number of fused-ring (bicyclic) bond motifs is 3. The molecule has 166 valence electrons. The van der Waals surface area contributed by atoms with Crippen LogP contribution in [0.5, 0.6) is 0 Å². The molecule has 0 saturated carbocycles. The van der Waals surface area contributed by atoms with E-state index in [0.29, 0.717) is 16.8 Å². The molecule has 1 aromatic heterocycles. The second kappa shape index (κ2) is 8.79. The smallest absolute Gasteiger partial charge is 0.255 e. The van der Waals surface area contributed by atoms with E-state index in [2.05, 4.69) is 34.1 Å². The number of aromatic nitrogens is 1. The van der Waals surface area contributed by atoms with Gasteiger partial charge in [0.15, 0.2) is 5.78 Å². The number of ketones is 1. The third-order valence-electron chi connectivity index (χ3n) is 5.88. The SMILES string of the molecule is Cn1c2ccccc2c2cc(/C=C/C(=O)c3cccc(NC(=O)c4ccc(F)cc4)c3)ccc21. The molecule has 34 heavy (non-hydrogen) atoms. The fourth-order valence-corrected chi connectivity index (χ4v) is 4.11. The van der Waals surface area contributed by atoms with Crippen LogP contribution in [0.25, 0.3) is 27.9 Å². The van der Waals surface area contributed by atoms with Crippen molar-refractivity contribution in [3.8, 4) is 0 Å². The lowest BCUT2D eigenvalue weighted by atomic mass is 10.1. The Morgan fingerprint density at radius 2 is 1.56 bits per heavy atom. The van der Waals surface area contributed by atoms with Gasteiger partial charge in [0, 0.05) is 45.7 Å². The van der Waals surface area contributed by atoms with Crippen LogP contribution < -0.4 is 5.32 Å². The van der Waals surface area contributed by atoms with E-state index in [4.69, 9.17) is 0 Å². The molecule has 4 nitrogen and oxygen atoms in total. The van der Waals surface area contributed by atoms with E-state index in [1.807, 2.05) is 25.2 Å². The molecule has 0 bridgehead atoms. The summed E-state index contributed by atoms with van der Waals surface area (Å²) >= 11 is 0. The number of amides is 1. The number of carbonyl (C=O) groups excluding carboxylic acids is 2. The first kappa shape index (κ1) is 21.3. The Bertz CT molecular complexity index is 1580. The number of hydrogen-bond donors (Lipinski definition) is 1. The van der Waals surface area contributed by atoms with Crippen molar-refractivity contribution < 1.29 is 14.0 Å². The normalized spacial score (nSPS) is 11.4. The topological polar surface area (TPSA) is 51.1 Å². The van der Waals surface area contributed by atoms with Crippen molar-refractivity contribution in [2.45, 2.75) is 0 Å². The zero-order valence-corrected chi connectivity index (χ0v) is 18.5. The number of carbonyl (C=O) groups is 2. The fraction of sp³-hybridized carbons (Fsp3) is 0.0345. The number of aryl methyl sites for hydroxylation is 1. The summed E-state index contributed by atoms with van der Waals surface area (Å²) in [6.45, 7) is 0. The predicted octanol–water partition coefficient (Wildman–Crippen LogP) is 6.62. The summed E-state index contributed by atoms with van der Waals surface area (Å²) in [5.41, 5.74) is 4.51. The average Bonchev–Trinajstić information content (AvgIpc) is 3.14. The first-order chi connectivity index (χ1) is 16.5. The average molecular weight is 448 g/mol. The Morgan fingerprint density at radius 1 is 0.794 bits per heavy atom. The van der Waals surface area contributed by atoms with Gasteiger partial charge in [-0.05, 0) is 66.2 Å². The van der Waals surface area contributed by atoms with E-state index in [-0.39, 0.29) is 11.7 Å². The van der Waals surface area contributed by atoms with Crippen LogP contribution in [-0.2, 0) is 7.05 Å². The molecule has 1 N–H and O–H groups in total. The minimum absolute atomic E-state index is 0.170. The molecule has 0 aliphatic carbocycles. The lowest BCUT2D eigenvalue weighted by Gasteiger charge is -2.06. The Balaban J connectivity index is 1.35. The van der Waals surface area contributed by atoms with E-state index in [0.717, 1.165) is 22.0 Å². The van der Waals surface area contributed by atoms with Crippen molar-refractivity contribution >= 4 is 45.3 Å². The zero-order chi connectivity index (χ0) is 23.7. The summed E-state index contributed by atoms with van der Waals surface area (Å²) < 4.78 is 15.2. The number of nitrogens with one attached hydrogen (secondary N) is 1. The Labute approximate surface area is 196 Å². The second-order valence-electron chi connectivity index (χ2n) is 8.09. The third-order valence-corrected chi connectivity index (χ3v) is 5.88. The van der Waals surface area contributed by atoms with E-state index in [9.17, 15) is 14.0 Å². The summed E-state index contributed by atoms with van der Waals surface area (Å²) in [5.74, 6) is -0.949. The van der Waals surface area contributed by atoms with E-state index >= 15 is 0 Å². The highest BCUT2D eigenvalue weighted by Gasteiger charge is 2.10. The Morgan fingerprint density at radius 3 is 2.38 bits per heavy atom. The third kappa shape index (κ3) is 4.11. The maximum absolute atomic E-state index is 13.1. The maximum Gasteiger partial charge on any atom is 0.255 e. The highest BCUT2D eigenvalue weighted by molar-refractivity contribution is 6.10. The largest absolute Gasteiger partial charge is 0.344 e. The summed E-state index contributed by atoms with van der Waals surface area (Å²) in [5, 5.41) is 5.06. The van der Waals surface area contributed by atoms with Crippen molar-refractivity contribution in [3.63, 3.8) is 0 Å². The van der Waals surface area contributed by atoms with Gasteiger partial charge in [-0.2, -0.15) is 0 Å². The molecule has 5 heteroatoms. The lowest BCUT2D eigenvalue weighted by molar-refractivity contribution is 0.102. The Kier molecular flexibility index (Phi) is 5.52. The number of benzene rings is 4. The maximum atomic E-state index is 13.1. The van der Waals surface area contributed by atoms with Crippen LogP contribution in [0.15, 0.2) is 97.1 Å². The summed E-state index contributed by atoms with van der Waals surface area (Å²) in [4.78, 5) is 25.2. The van der Waals surface area contributed by atoms with Crippen molar-refractivity contribution in [1.82, 2.24) is 4.57 Å². The van der Waals surface area contributed by atoms with Crippen LogP contribution in [0.4, 0.5) is 10.1 Å². The van der Waals surface area contributed by atoms with Crippen molar-refractivity contribution in [2.24, 2.45) is 7.05 Å². The van der Waals surface area contributed by atoms with Crippen LogP contribution >= 0.6 is 0 Å². The van der Waals surface area contributed by atoms with Gasteiger partial charge in [0.05, 0.1) is 0 Å². The number of para-hydroxylation sites is 1. The standard InChI is InChI=1S/C29H21FN2O2/c1-32-26-8-3-2-7-24(26)25-17-19(9-15-27(25)32)10-16-28(33)21-5-4-6-23(18-21)31-29(34)20-11-13-22(30)14-12-20/h2-18H,1H3,(H,31,34)/b16-10+. The molecule has 1 amide bonds. The van der Waals surface area contributed by atoms with Gasteiger partial charge in [0.25, 0.3) is 5.91 Å². The van der Waals surface area contributed by atoms with Gasteiger partial charge in [-0.25, -0.2) is 4.39 Å². The van der Waals surface area contributed by atoms with E-state index in [1.165, 1.54) is 35.7 Å². The fourth-order valence-electron chi connectivity index (χ4n) is 4.11. The lowest BCUT2D eigenvalue weighted by Crippen LogP contribution is -2.12. The summed E-state index contributed by atoms with van der Waals surface area (Å²) in [7, 11) is 2.05. The molecule has 1 heterocycles. The molecule has 0 saturated heterocycles. The van der Waals surface area contributed by atoms with Gasteiger partial charge >= 0.3 is 0 Å². The van der Waals surface area contributed by atoms with Crippen LogP contribution in [-0.4, -0.2) is 16.3 Å². The molecule has 0 aliphatic rings. The highest BCUT2D eigenvalue weighted by Crippen LogP contribution is 2.29. The number of rotatable bonds is 5. The monoisotopic (exact) mass is 448 g/mol. The molecular weight excluding hydrogens is 427 g/mol. The molecule has 0 unspecified atom stereocenters. The van der Waals surface area contributed by atoms with Gasteiger partial charge in [-0.15, -0.1) is 0 Å². The van der Waals surface area contributed by atoms with Crippen molar-refractivity contribution in [3.05, 3.63) is 120 Å². The minimum atomic E-state index is -0.407. The van der Waals surface area contributed by atoms with E-state index < -0.39 is 5.82 Å². The van der Waals surface area contributed by atoms with Crippen LogP contribution in [0.3, 0.4) is 0 Å². The highest BCUT2D eigenvalue weighted by atomic mass is 19.1. The summed E-state index contributed by atoms with van der Waals surface area (Å²) in [6, 6.07) is 26.4. The minimum Gasteiger partial charge on any atom is -0.344 e. The number of hydrogen-bond acceptors (Lipinski definition) is 2.